The molecule has 2 rings (SSSR count). The number of cyclic esters (lactones) is 2. The largest absolute Gasteiger partial charge is 0.488 e. The molecule has 1 fully saturated rings. The normalized spacial score (nSPS) is 16.7. The van der Waals surface area contributed by atoms with E-state index in [9.17, 15) is 19.6 Å². The van der Waals surface area contributed by atoms with Gasteiger partial charge in [-0.25, -0.2) is 9.59 Å². The molecule has 1 aliphatic rings. The molecule has 1 heterocycles. The number of nitrogens with one attached hydrogen (secondary N) is 1. The minimum absolute atomic E-state index is 0.270. The summed E-state index contributed by atoms with van der Waals surface area (Å²) in [6, 6.07) is 4.84. The Morgan fingerprint density at radius 1 is 1.18 bits per heavy atom. The number of benzene rings is 1. The van der Waals surface area contributed by atoms with Gasteiger partial charge in [0.2, 0.25) is 0 Å². The number of hydrogen-bond donors (Lipinski definition) is 3. The highest BCUT2D eigenvalue weighted by Gasteiger charge is 2.38. The van der Waals surface area contributed by atoms with E-state index >= 15 is 0 Å². The Labute approximate surface area is 127 Å². The Balaban J connectivity index is 2.24. The minimum atomic E-state index is -1.61. The molecule has 8 heteroatoms. The van der Waals surface area contributed by atoms with E-state index in [2.05, 4.69) is 5.32 Å². The maximum Gasteiger partial charge on any atom is 0.488 e. The molecule has 1 aromatic carbocycles. The van der Waals surface area contributed by atoms with Crippen LogP contribution in [0.3, 0.4) is 0 Å². The summed E-state index contributed by atoms with van der Waals surface area (Å²) in [5.41, 5.74) is 1.14. The number of anilines is 1. The number of ether oxygens (including phenoxy) is 2. The van der Waals surface area contributed by atoms with Crippen LogP contribution in [-0.2, 0) is 19.1 Å². The van der Waals surface area contributed by atoms with Crippen LogP contribution in [0.5, 0.6) is 0 Å². The van der Waals surface area contributed by atoms with Gasteiger partial charge in [0, 0.05) is 25.7 Å². The Morgan fingerprint density at radius 2 is 1.77 bits per heavy atom. The number of carbonyl (C=O) groups is 2. The third kappa shape index (κ3) is 3.29. The maximum atomic E-state index is 11.8. The monoisotopic (exact) mass is 305 g/mol. The average Bonchev–Trinajstić information content (AvgIpc) is 2.37. The Kier molecular flexibility index (Phi) is 4.25. The van der Waals surface area contributed by atoms with Crippen LogP contribution >= 0.6 is 0 Å². The van der Waals surface area contributed by atoms with Crippen LogP contribution in [-0.4, -0.2) is 34.9 Å². The van der Waals surface area contributed by atoms with E-state index in [0.29, 0.717) is 16.7 Å². The number of hydrogen-bond acceptors (Lipinski definition) is 7. The zero-order valence-corrected chi connectivity index (χ0v) is 12.4. The summed E-state index contributed by atoms with van der Waals surface area (Å²) in [6.07, 6.45) is 1.18. The van der Waals surface area contributed by atoms with Crippen molar-refractivity contribution in [1.82, 2.24) is 0 Å². The second kappa shape index (κ2) is 5.82. The summed E-state index contributed by atoms with van der Waals surface area (Å²) in [5.74, 6) is -2.86. The van der Waals surface area contributed by atoms with E-state index in [1.807, 2.05) is 0 Å². The molecular weight excluding hydrogens is 289 g/mol. The van der Waals surface area contributed by atoms with Gasteiger partial charge in [0.05, 0.1) is 0 Å². The van der Waals surface area contributed by atoms with Crippen LogP contribution in [0.25, 0.3) is 0 Å². The number of rotatable bonds is 3. The first-order valence-corrected chi connectivity index (χ1v) is 6.60. The summed E-state index contributed by atoms with van der Waals surface area (Å²) in [5, 5.41) is 21.3. The highest BCUT2D eigenvalue weighted by Crippen LogP contribution is 2.23. The van der Waals surface area contributed by atoms with Crippen LogP contribution in [0.2, 0.25) is 0 Å². The molecule has 1 aromatic rings. The average molecular weight is 305 g/mol. The molecule has 0 bridgehead atoms. The molecule has 0 atom stereocenters. The predicted molar refractivity (Wildman–Crippen MR) is 79.0 cm³/mol. The van der Waals surface area contributed by atoms with E-state index in [1.165, 1.54) is 20.0 Å². The van der Waals surface area contributed by atoms with Crippen molar-refractivity contribution in [3.8, 4) is 0 Å². The molecule has 3 N–H and O–H groups in total. The highest BCUT2D eigenvalue weighted by molar-refractivity contribution is 6.59. The van der Waals surface area contributed by atoms with Crippen LogP contribution in [0.4, 0.5) is 5.69 Å². The van der Waals surface area contributed by atoms with Crippen molar-refractivity contribution in [3.63, 3.8) is 0 Å². The second-order valence-electron chi connectivity index (χ2n) is 5.27. The smallest absolute Gasteiger partial charge is 0.423 e. The lowest BCUT2D eigenvalue weighted by atomic mass is 9.77. The molecule has 7 nitrogen and oxygen atoms in total. The third-order valence-corrected chi connectivity index (χ3v) is 3.14. The molecule has 22 heavy (non-hydrogen) atoms. The van der Waals surface area contributed by atoms with Gasteiger partial charge in [0.25, 0.3) is 5.79 Å². The van der Waals surface area contributed by atoms with Gasteiger partial charge in [0.1, 0.15) is 0 Å². The van der Waals surface area contributed by atoms with E-state index in [1.54, 1.807) is 25.1 Å². The maximum absolute atomic E-state index is 11.8. The molecular formula is C14H16BNO6. The molecule has 0 aromatic heterocycles. The summed E-state index contributed by atoms with van der Waals surface area (Å²) in [7, 11) is -1.61. The van der Waals surface area contributed by atoms with Crippen LogP contribution in [0, 0.1) is 6.92 Å². The molecule has 1 aliphatic heterocycles. The molecule has 116 valence electrons. The topological polar surface area (TPSA) is 105 Å². The van der Waals surface area contributed by atoms with E-state index in [4.69, 9.17) is 9.47 Å². The Morgan fingerprint density at radius 3 is 2.32 bits per heavy atom. The van der Waals surface area contributed by atoms with Gasteiger partial charge in [-0.1, -0.05) is 12.1 Å². The summed E-state index contributed by atoms with van der Waals surface area (Å²) in [6.45, 7) is 4.60. The van der Waals surface area contributed by atoms with Gasteiger partial charge in [-0.15, -0.1) is 0 Å². The fraction of sp³-hybridized carbons (Fsp3) is 0.286. The molecule has 0 aliphatic carbocycles. The molecule has 0 unspecified atom stereocenters. The zero-order chi connectivity index (χ0) is 16.5. The Bertz CT molecular complexity index is 631. The predicted octanol–water partition coefficient (Wildman–Crippen LogP) is -0.193. The van der Waals surface area contributed by atoms with Gasteiger partial charge in [-0.05, 0) is 24.0 Å². The van der Waals surface area contributed by atoms with Crippen LogP contribution < -0.4 is 10.8 Å². The van der Waals surface area contributed by atoms with Gasteiger partial charge in [-0.2, -0.15) is 0 Å². The first kappa shape index (κ1) is 16.1. The first-order chi connectivity index (χ1) is 10.2. The van der Waals surface area contributed by atoms with Crippen molar-refractivity contribution in [2.45, 2.75) is 26.6 Å². The van der Waals surface area contributed by atoms with Gasteiger partial charge >= 0.3 is 19.1 Å². The standard InChI is InChI=1S/C14H16BNO6/c1-8-10(15(19)20)5-4-6-11(8)16-7-9-12(17)21-14(2,3)22-13(9)18/h4-7,16,19-20H,1-3H3. The fourth-order valence-electron chi connectivity index (χ4n) is 2.02. The van der Waals surface area contributed by atoms with Crippen molar-refractivity contribution >= 4 is 30.2 Å². The van der Waals surface area contributed by atoms with E-state index in [-0.39, 0.29) is 5.57 Å². The summed E-state index contributed by atoms with van der Waals surface area (Å²) < 4.78 is 9.93. The summed E-state index contributed by atoms with van der Waals surface area (Å²) >= 11 is 0. The quantitative estimate of drug-likeness (QED) is 0.307. The van der Waals surface area contributed by atoms with Gasteiger partial charge in [-0.3, -0.25) is 0 Å². The first-order valence-electron chi connectivity index (χ1n) is 6.60. The zero-order valence-electron chi connectivity index (χ0n) is 12.4. The molecule has 0 saturated carbocycles. The lowest BCUT2D eigenvalue weighted by Gasteiger charge is -2.29. The Hall–Kier alpha value is -2.32. The fourth-order valence-corrected chi connectivity index (χ4v) is 2.02. The van der Waals surface area contributed by atoms with Crippen molar-refractivity contribution in [1.29, 1.82) is 0 Å². The van der Waals surface area contributed by atoms with Crippen molar-refractivity contribution < 1.29 is 29.1 Å². The van der Waals surface area contributed by atoms with Crippen LogP contribution in [0.15, 0.2) is 30.0 Å². The van der Waals surface area contributed by atoms with E-state index in [0.717, 1.165) is 0 Å². The SMILES string of the molecule is Cc1c(NC=C2C(=O)OC(C)(C)OC2=O)cccc1B(O)O. The molecule has 0 spiro atoms. The minimum Gasteiger partial charge on any atom is -0.423 e. The number of esters is 2. The van der Waals surface area contributed by atoms with Crippen molar-refractivity contribution in [2.24, 2.45) is 0 Å². The van der Waals surface area contributed by atoms with Crippen molar-refractivity contribution in [2.75, 3.05) is 5.32 Å². The lowest BCUT2D eigenvalue weighted by molar-refractivity contribution is -0.222. The van der Waals surface area contributed by atoms with Crippen LogP contribution in [0.1, 0.15) is 19.4 Å². The van der Waals surface area contributed by atoms with Crippen molar-refractivity contribution in [3.05, 3.63) is 35.5 Å². The molecule has 0 amide bonds. The van der Waals surface area contributed by atoms with E-state index < -0.39 is 24.8 Å². The third-order valence-electron chi connectivity index (χ3n) is 3.14. The van der Waals surface area contributed by atoms with Gasteiger partial charge < -0.3 is 24.8 Å². The molecule has 0 radical (unpaired) electrons. The summed E-state index contributed by atoms with van der Waals surface area (Å²) in [4.78, 5) is 23.6. The molecule has 1 saturated heterocycles. The second-order valence-corrected chi connectivity index (χ2v) is 5.27. The lowest BCUT2D eigenvalue weighted by Crippen LogP contribution is -2.42. The number of carbonyl (C=O) groups excluding carboxylic acids is 2. The van der Waals surface area contributed by atoms with Gasteiger partial charge in [0.15, 0.2) is 5.57 Å². The highest BCUT2D eigenvalue weighted by atomic mass is 16.7.